The van der Waals surface area contributed by atoms with E-state index in [1.165, 1.54) is 27.6 Å². The number of fused-ring (bicyclic) bond motifs is 2. The standard InChI is InChI=1S/C31H28P2/c1-5-13-26(14-6-1)32(27-15-7-2-8-16-27)30-24-21-22-25(23-24)31(30)33(28-17-9-3-10-18-28)29-19-11-4-12-20-29/h1-22,24-25,30-31H,23H2/t24-,25?,30+,31+/m1/s1. The molecule has 0 N–H and O–H groups in total. The molecule has 0 amide bonds. The number of allylic oxidation sites excluding steroid dienone is 2. The zero-order valence-electron chi connectivity index (χ0n) is 18.6. The van der Waals surface area contributed by atoms with Crippen LogP contribution < -0.4 is 21.2 Å². The lowest BCUT2D eigenvalue weighted by Crippen LogP contribution is -2.37. The van der Waals surface area contributed by atoms with Gasteiger partial charge in [0.05, 0.1) is 0 Å². The summed E-state index contributed by atoms with van der Waals surface area (Å²) in [6, 6.07) is 45.4. The van der Waals surface area contributed by atoms with Crippen molar-refractivity contribution in [2.75, 3.05) is 0 Å². The van der Waals surface area contributed by atoms with Gasteiger partial charge < -0.3 is 0 Å². The molecule has 2 aliphatic rings. The smallest absolute Gasteiger partial charge is 0.00137 e. The molecule has 162 valence electrons. The average Bonchev–Trinajstić information content (AvgIpc) is 3.50. The van der Waals surface area contributed by atoms with Crippen LogP contribution in [-0.4, -0.2) is 11.3 Å². The van der Waals surface area contributed by atoms with Crippen LogP contribution in [0, 0.1) is 11.8 Å². The van der Waals surface area contributed by atoms with Gasteiger partial charge in [0.25, 0.3) is 0 Å². The van der Waals surface area contributed by atoms with Crippen LogP contribution in [0.25, 0.3) is 0 Å². The molecule has 33 heavy (non-hydrogen) atoms. The molecule has 4 aromatic rings. The molecule has 2 aliphatic carbocycles. The Morgan fingerprint density at radius 3 is 0.939 bits per heavy atom. The van der Waals surface area contributed by atoms with Crippen molar-refractivity contribution in [2.45, 2.75) is 17.7 Å². The van der Waals surface area contributed by atoms with Crippen LogP contribution in [0.15, 0.2) is 133 Å². The molecule has 2 bridgehead atoms. The minimum absolute atomic E-state index is 0.454. The molecule has 4 aromatic carbocycles. The van der Waals surface area contributed by atoms with E-state index in [-0.39, 0.29) is 0 Å². The summed E-state index contributed by atoms with van der Waals surface area (Å²) in [6.07, 6.45) is 6.42. The van der Waals surface area contributed by atoms with E-state index >= 15 is 0 Å². The number of rotatable bonds is 6. The van der Waals surface area contributed by atoms with E-state index in [2.05, 4.69) is 133 Å². The van der Waals surface area contributed by atoms with Gasteiger partial charge in [-0.15, -0.1) is 0 Å². The largest absolute Gasteiger partial charge is 0.0844 e. The van der Waals surface area contributed by atoms with E-state index in [0.29, 0.717) is 23.2 Å². The molecule has 1 unspecified atom stereocenters. The van der Waals surface area contributed by atoms with Gasteiger partial charge in [0.2, 0.25) is 0 Å². The van der Waals surface area contributed by atoms with Gasteiger partial charge in [-0.05, 0) is 55.3 Å². The molecule has 6 rings (SSSR count). The number of benzene rings is 4. The lowest BCUT2D eigenvalue weighted by molar-refractivity contribution is 0.695. The third kappa shape index (κ3) is 4.01. The van der Waals surface area contributed by atoms with E-state index in [1.807, 2.05) is 0 Å². The molecule has 0 radical (unpaired) electrons. The van der Waals surface area contributed by atoms with Crippen LogP contribution in [0.1, 0.15) is 6.42 Å². The first-order chi connectivity index (χ1) is 16.4. The summed E-state index contributed by atoms with van der Waals surface area (Å²) < 4.78 is 0. The Kier molecular flexibility index (Phi) is 5.98. The van der Waals surface area contributed by atoms with Crippen LogP contribution in [0.4, 0.5) is 0 Å². The summed E-state index contributed by atoms with van der Waals surface area (Å²) in [5.41, 5.74) is 1.32. The summed E-state index contributed by atoms with van der Waals surface area (Å²) in [5, 5.41) is 6.08. The van der Waals surface area contributed by atoms with Gasteiger partial charge in [0.1, 0.15) is 0 Å². The summed E-state index contributed by atoms with van der Waals surface area (Å²) in [7, 11) is -0.909. The molecule has 1 saturated carbocycles. The van der Waals surface area contributed by atoms with E-state index < -0.39 is 15.8 Å². The molecular weight excluding hydrogens is 434 g/mol. The van der Waals surface area contributed by atoms with Crippen LogP contribution in [0.2, 0.25) is 0 Å². The Balaban J connectivity index is 1.52. The predicted octanol–water partition coefficient (Wildman–Crippen LogP) is 6.20. The Labute approximate surface area is 199 Å². The maximum Gasteiger partial charge on any atom is 0.00137 e. The topological polar surface area (TPSA) is 0 Å². The van der Waals surface area contributed by atoms with Crippen molar-refractivity contribution in [3.05, 3.63) is 133 Å². The predicted molar refractivity (Wildman–Crippen MR) is 146 cm³/mol. The second-order valence-corrected chi connectivity index (χ2v) is 13.7. The number of hydrogen-bond donors (Lipinski definition) is 0. The Hall–Kier alpha value is -2.52. The highest BCUT2D eigenvalue weighted by Crippen LogP contribution is 2.64. The van der Waals surface area contributed by atoms with Gasteiger partial charge in [0.15, 0.2) is 0 Å². The maximum atomic E-state index is 2.55. The number of hydrogen-bond acceptors (Lipinski definition) is 0. The zero-order valence-corrected chi connectivity index (χ0v) is 20.4. The first-order valence-electron chi connectivity index (χ1n) is 11.9. The van der Waals surface area contributed by atoms with Crippen LogP contribution in [0.5, 0.6) is 0 Å². The van der Waals surface area contributed by atoms with Gasteiger partial charge in [-0.2, -0.15) is 0 Å². The van der Waals surface area contributed by atoms with Gasteiger partial charge in [-0.3, -0.25) is 0 Å². The second kappa shape index (κ2) is 9.38. The molecule has 0 spiro atoms. The van der Waals surface area contributed by atoms with Crippen molar-refractivity contribution in [2.24, 2.45) is 11.8 Å². The first-order valence-corrected chi connectivity index (χ1v) is 14.7. The fraction of sp³-hybridized carbons (Fsp3) is 0.161. The quantitative estimate of drug-likeness (QED) is 0.237. The molecule has 0 nitrogen and oxygen atoms in total. The van der Waals surface area contributed by atoms with Crippen molar-refractivity contribution < 1.29 is 0 Å². The lowest BCUT2D eigenvalue weighted by atomic mass is 10.1. The van der Waals surface area contributed by atoms with Crippen molar-refractivity contribution in [3.63, 3.8) is 0 Å². The minimum atomic E-state index is -0.454. The van der Waals surface area contributed by atoms with Gasteiger partial charge >= 0.3 is 0 Å². The molecule has 0 heterocycles. The van der Waals surface area contributed by atoms with Crippen molar-refractivity contribution in [1.82, 2.24) is 0 Å². The molecule has 0 saturated heterocycles. The molecule has 2 heteroatoms. The van der Waals surface area contributed by atoms with E-state index in [4.69, 9.17) is 0 Å². The zero-order chi connectivity index (χ0) is 22.0. The fourth-order valence-corrected chi connectivity index (χ4v) is 12.8. The Morgan fingerprint density at radius 1 is 0.394 bits per heavy atom. The minimum Gasteiger partial charge on any atom is -0.0844 e. The van der Waals surface area contributed by atoms with E-state index in [0.717, 1.165) is 0 Å². The van der Waals surface area contributed by atoms with Crippen molar-refractivity contribution >= 4 is 37.1 Å². The van der Waals surface area contributed by atoms with E-state index in [9.17, 15) is 0 Å². The molecule has 0 aliphatic heterocycles. The Bertz CT molecular complexity index is 1030. The summed E-state index contributed by atoms with van der Waals surface area (Å²) in [6.45, 7) is 0. The first kappa shape index (κ1) is 21.0. The third-order valence-electron chi connectivity index (χ3n) is 7.11. The monoisotopic (exact) mass is 462 g/mol. The van der Waals surface area contributed by atoms with Gasteiger partial charge in [-0.1, -0.05) is 133 Å². The third-order valence-corrected chi connectivity index (χ3v) is 13.4. The van der Waals surface area contributed by atoms with Gasteiger partial charge in [-0.25, -0.2) is 0 Å². The SMILES string of the molecule is C1=C[C@@H]2CC1[C@H](P(c1ccccc1)c1ccccc1)[C@H]2P(c1ccccc1)c1ccccc1. The molecule has 1 fully saturated rings. The molecule has 0 aromatic heterocycles. The maximum absolute atomic E-state index is 2.55. The fourth-order valence-electron chi connectivity index (χ4n) is 5.80. The van der Waals surface area contributed by atoms with Crippen molar-refractivity contribution in [3.8, 4) is 0 Å². The highest BCUT2D eigenvalue weighted by Gasteiger charge is 2.51. The van der Waals surface area contributed by atoms with Crippen LogP contribution in [-0.2, 0) is 0 Å². The van der Waals surface area contributed by atoms with E-state index in [1.54, 1.807) is 0 Å². The highest BCUT2D eigenvalue weighted by atomic mass is 31.1. The summed E-state index contributed by atoms with van der Waals surface area (Å²) in [4.78, 5) is 0. The second-order valence-electron chi connectivity index (χ2n) is 9.01. The molecule has 4 atom stereocenters. The van der Waals surface area contributed by atoms with Crippen LogP contribution >= 0.6 is 15.8 Å². The molecular formula is C31H28P2. The highest BCUT2D eigenvalue weighted by molar-refractivity contribution is 7.77. The van der Waals surface area contributed by atoms with Crippen LogP contribution in [0.3, 0.4) is 0 Å². The summed E-state index contributed by atoms with van der Waals surface area (Å²) >= 11 is 0. The average molecular weight is 463 g/mol. The van der Waals surface area contributed by atoms with Crippen molar-refractivity contribution in [1.29, 1.82) is 0 Å². The normalized spacial score (nSPS) is 23.5. The summed E-state index contributed by atoms with van der Waals surface area (Å²) in [5.74, 6) is 1.34. The van der Waals surface area contributed by atoms with Gasteiger partial charge in [0, 0.05) is 11.3 Å². The lowest BCUT2D eigenvalue weighted by Gasteiger charge is -2.40. The Morgan fingerprint density at radius 2 is 0.667 bits per heavy atom.